The third-order valence-corrected chi connectivity index (χ3v) is 4.89. The van der Waals surface area contributed by atoms with Gasteiger partial charge in [0.15, 0.2) is 0 Å². The average Bonchev–Trinajstić information content (AvgIpc) is 2.79. The molecule has 0 aromatic heterocycles. The maximum Gasteiger partial charge on any atom is 0.312 e. The summed E-state index contributed by atoms with van der Waals surface area (Å²) in [7, 11) is 0. The van der Waals surface area contributed by atoms with Crippen LogP contribution in [-0.4, -0.2) is 41.8 Å². The number of aliphatic hydroxyl groups excluding tert-OH is 1. The van der Waals surface area contributed by atoms with Crippen molar-refractivity contribution < 1.29 is 24.2 Å². The Kier molecular flexibility index (Phi) is 10.9. The van der Waals surface area contributed by atoms with E-state index in [1.54, 1.807) is 24.3 Å². The Morgan fingerprint density at radius 1 is 1.00 bits per heavy atom. The van der Waals surface area contributed by atoms with E-state index in [0.717, 1.165) is 11.1 Å². The van der Waals surface area contributed by atoms with Crippen LogP contribution in [0.5, 0.6) is 0 Å². The molecule has 3 amide bonds. The topological polar surface area (TPSA) is 143 Å². The molecule has 2 atom stereocenters. The van der Waals surface area contributed by atoms with Crippen LogP contribution in [0.2, 0.25) is 0 Å². The van der Waals surface area contributed by atoms with E-state index >= 15 is 0 Å². The Morgan fingerprint density at radius 3 is 2.33 bits per heavy atom. The number of amides is 3. The molecule has 6 N–H and O–H groups in total. The number of anilines is 1. The maximum atomic E-state index is 12.9. The van der Waals surface area contributed by atoms with Crippen LogP contribution in [0.1, 0.15) is 37.3 Å². The average molecular weight is 457 g/mol. The zero-order valence-corrected chi connectivity index (χ0v) is 18.8. The molecule has 0 aliphatic rings. The lowest BCUT2D eigenvalue weighted by atomic mass is 10.1. The number of nitrogens with two attached hydrogens (primary N) is 1. The van der Waals surface area contributed by atoms with Crippen molar-refractivity contribution in [2.45, 2.75) is 51.5 Å². The molecule has 0 radical (unpaired) electrons. The molecule has 0 heterocycles. The SMILES string of the molecule is CC(=O)OCc1ccc(NC(=O)[C@H](CCCNC(N)=O)NC(O)CCc2ccccc2)cc1. The van der Waals surface area contributed by atoms with E-state index in [9.17, 15) is 19.5 Å². The molecular weight excluding hydrogens is 424 g/mol. The number of benzene rings is 2. The minimum Gasteiger partial charge on any atom is -0.461 e. The molecule has 0 spiro atoms. The minimum atomic E-state index is -0.879. The molecular formula is C24H32N4O5. The van der Waals surface area contributed by atoms with Gasteiger partial charge in [0.25, 0.3) is 0 Å². The van der Waals surface area contributed by atoms with Gasteiger partial charge >= 0.3 is 12.0 Å². The van der Waals surface area contributed by atoms with Crippen molar-refractivity contribution in [2.24, 2.45) is 5.73 Å². The second-order valence-electron chi connectivity index (χ2n) is 7.66. The summed E-state index contributed by atoms with van der Waals surface area (Å²) < 4.78 is 4.95. The molecule has 1 unspecified atom stereocenters. The summed E-state index contributed by atoms with van der Waals surface area (Å²) in [5.74, 6) is -0.668. The molecule has 2 rings (SSSR count). The fraction of sp³-hybridized carbons (Fsp3) is 0.375. The zero-order chi connectivity index (χ0) is 24.1. The monoisotopic (exact) mass is 456 g/mol. The number of carbonyl (C=O) groups is 3. The Labute approximate surface area is 193 Å². The van der Waals surface area contributed by atoms with Crippen molar-refractivity contribution in [2.75, 3.05) is 11.9 Å². The lowest BCUT2D eigenvalue weighted by Gasteiger charge is -2.22. The van der Waals surface area contributed by atoms with Crippen LogP contribution in [0.15, 0.2) is 54.6 Å². The van der Waals surface area contributed by atoms with E-state index in [1.165, 1.54) is 6.92 Å². The van der Waals surface area contributed by atoms with Crippen LogP contribution in [-0.2, 0) is 27.4 Å². The molecule has 0 saturated carbocycles. The highest BCUT2D eigenvalue weighted by molar-refractivity contribution is 5.94. The van der Waals surface area contributed by atoms with Gasteiger partial charge in [0.2, 0.25) is 5.91 Å². The summed E-state index contributed by atoms with van der Waals surface area (Å²) in [5, 5.41) is 18.8. The number of hydrogen-bond acceptors (Lipinski definition) is 6. The predicted molar refractivity (Wildman–Crippen MR) is 125 cm³/mol. The van der Waals surface area contributed by atoms with E-state index in [0.29, 0.717) is 37.9 Å². The quantitative estimate of drug-likeness (QED) is 0.177. The third kappa shape index (κ3) is 10.6. The van der Waals surface area contributed by atoms with Gasteiger partial charge in [0.1, 0.15) is 12.8 Å². The highest BCUT2D eigenvalue weighted by Gasteiger charge is 2.21. The summed E-state index contributed by atoms with van der Waals surface area (Å²) in [5.41, 5.74) is 7.55. The van der Waals surface area contributed by atoms with Crippen molar-refractivity contribution >= 4 is 23.6 Å². The van der Waals surface area contributed by atoms with Gasteiger partial charge in [-0.25, -0.2) is 4.79 Å². The summed E-state index contributed by atoms with van der Waals surface area (Å²) >= 11 is 0. The number of urea groups is 1. The maximum absolute atomic E-state index is 12.9. The van der Waals surface area contributed by atoms with Gasteiger partial charge in [-0.3, -0.25) is 14.9 Å². The van der Waals surface area contributed by atoms with Gasteiger partial charge in [-0.05, 0) is 48.9 Å². The van der Waals surface area contributed by atoms with Crippen molar-refractivity contribution in [3.05, 3.63) is 65.7 Å². The molecule has 178 valence electrons. The summed E-state index contributed by atoms with van der Waals surface area (Å²) in [6.45, 7) is 1.83. The number of primary amides is 1. The number of aryl methyl sites for hydroxylation is 1. The van der Waals surface area contributed by atoms with Gasteiger partial charge in [0.05, 0.1) is 6.04 Å². The molecule has 0 aliphatic heterocycles. The molecule has 9 nitrogen and oxygen atoms in total. The number of ether oxygens (including phenoxy) is 1. The largest absolute Gasteiger partial charge is 0.461 e. The Morgan fingerprint density at radius 2 is 1.70 bits per heavy atom. The lowest BCUT2D eigenvalue weighted by Crippen LogP contribution is -2.46. The van der Waals surface area contributed by atoms with E-state index in [2.05, 4.69) is 16.0 Å². The number of aliphatic hydroxyl groups is 1. The fourth-order valence-electron chi connectivity index (χ4n) is 3.17. The van der Waals surface area contributed by atoms with Gasteiger partial charge in [-0.2, -0.15) is 0 Å². The van der Waals surface area contributed by atoms with Crippen LogP contribution in [0.4, 0.5) is 10.5 Å². The first-order chi connectivity index (χ1) is 15.8. The molecule has 9 heteroatoms. The first-order valence-electron chi connectivity index (χ1n) is 10.9. The summed E-state index contributed by atoms with van der Waals surface area (Å²) in [4.78, 5) is 34.7. The number of carbonyl (C=O) groups excluding carboxylic acids is 3. The van der Waals surface area contributed by atoms with Crippen molar-refractivity contribution in [3.8, 4) is 0 Å². The van der Waals surface area contributed by atoms with Gasteiger partial charge < -0.3 is 26.2 Å². The standard InChI is InChI=1S/C24H32N4O5/c1-17(29)33-16-19-9-12-20(13-10-19)27-23(31)21(8-5-15-26-24(25)32)28-22(30)14-11-18-6-3-2-4-7-18/h2-4,6-7,9-10,12-13,21-22,28,30H,5,8,11,14-16H2,1H3,(H,27,31)(H3,25,26,32)/t21-,22?/m0/s1. The number of esters is 1. The highest BCUT2D eigenvalue weighted by atomic mass is 16.5. The van der Waals surface area contributed by atoms with Crippen LogP contribution in [0.3, 0.4) is 0 Å². The molecule has 0 saturated heterocycles. The third-order valence-electron chi connectivity index (χ3n) is 4.89. The summed E-state index contributed by atoms with van der Waals surface area (Å²) in [6, 6.07) is 15.4. The van der Waals surface area contributed by atoms with Crippen molar-refractivity contribution in [1.29, 1.82) is 0 Å². The molecule has 33 heavy (non-hydrogen) atoms. The van der Waals surface area contributed by atoms with Crippen LogP contribution in [0, 0.1) is 0 Å². The Balaban J connectivity index is 1.93. The number of rotatable bonds is 13. The first kappa shape index (κ1) is 25.8. The number of hydrogen-bond donors (Lipinski definition) is 5. The van der Waals surface area contributed by atoms with Crippen LogP contribution >= 0.6 is 0 Å². The molecule has 0 fully saturated rings. The minimum absolute atomic E-state index is 0.161. The smallest absolute Gasteiger partial charge is 0.312 e. The van der Waals surface area contributed by atoms with Gasteiger partial charge in [-0.1, -0.05) is 42.5 Å². The Hall–Kier alpha value is -3.43. The second kappa shape index (κ2) is 13.9. The van der Waals surface area contributed by atoms with E-state index in [-0.39, 0.29) is 18.5 Å². The molecule has 2 aromatic rings. The van der Waals surface area contributed by atoms with Crippen LogP contribution < -0.4 is 21.7 Å². The predicted octanol–water partition coefficient (Wildman–Crippen LogP) is 2.05. The van der Waals surface area contributed by atoms with Gasteiger partial charge in [0, 0.05) is 19.2 Å². The van der Waals surface area contributed by atoms with E-state index < -0.39 is 18.3 Å². The van der Waals surface area contributed by atoms with E-state index in [4.69, 9.17) is 10.5 Å². The van der Waals surface area contributed by atoms with Crippen LogP contribution in [0.25, 0.3) is 0 Å². The van der Waals surface area contributed by atoms with E-state index in [1.807, 2.05) is 30.3 Å². The van der Waals surface area contributed by atoms with Crippen molar-refractivity contribution in [3.63, 3.8) is 0 Å². The normalized spacial score (nSPS) is 12.4. The fourth-order valence-corrected chi connectivity index (χ4v) is 3.17. The van der Waals surface area contributed by atoms with Crippen molar-refractivity contribution in [1.82, 2.24) is 10.6 Å². The zero-order valence-electron chi connectivity index (χ0n) is 18.8. The molecule has 0 aliphatic carbocycles. The first-order valence-corrected chi connectivity index (χ1v) is 10.9. The summed E-state index contributed by atoms with van der Waals surface area (Å²) in [6.07, 6.45) is 1.12. The highest BCUT2D eigenvalue weighted by Crippen LogP contribution is 2.13. The molecule has 0 bridgehead atoms. The van der Waals surface area contributed by atoms with Gasteiger partial charge in [-0.15, -0.1) is 0 Å². The second-order valence-corrected chi connectivity index (χ2v) is 7.66. The number of nitrogens with one attached hydrogen (secondary N) is 3. The Bertz CT molecular complexity index is 889. The molecule has 2 aromatic carbocycles. The lowest BCUT2D eigenvalue weighted by molar-refractivity contribution is -0.142.